The van der Waals surface area contributed by atoms with E-state index >= 15 is 0 Å². The van der Waals surface area contributed by atoms with Gasteiger partial charge in [0.05, 0.1) is 14.4 Å². The molecule has 3 nitrogen and oxygen atoms in total. The van der Waals surface area contributed by atoms with Crippen molar-refractivity contribution in [1.29, 1.82) is 0 Å². The maximum Gasteiger partial charge on any atom is 0.235 e. The predicted molar refractivity (Wildman–Crippen MR) is 37.1 cm³/mol. The molecule has 2 N–H and O–H groups in total. The Kier molecular flexibility index (Phi) is 4.14. The Balaban J connectivity index is 3.64. The SMILES string of the molecule is [B]CN(CC)C(=O)CN. The van der Waals surface area contributed by atoms with E-state index in [2.05, 4.69) is 0 Å². The van der Waals surface area contributed by atoms with E-state index in [1.807, 2.05) is 6.92 Å². The van der Waals surface area contributed by atoms with E-state index in [-0.39, 0.29) is 18.9 Å². The molecule has 0 aliphatic rings. The highest BCUT2D eigenvalue weighted by atomic mass is 16.2. The van der Waals surface area contributed by atoms with Gasteiger partial charge in [-0.3, -0.25) is 4.79 Å². The third kappa shape index (κ3) is 2.51. The average Bonchev–Trinajstić information content (AvgIpc) is 1.90. The van der Waals surface area contributed by atoms with Crippen LogP contribution in [-0.2, 0) is 4.79 Å². The molecular formula is C5H11BN2O. The summed E-state index contributed by atoms with van der Waals surface area (Å²) in [6.07, 6.45) is 0.256. The summed E-state index contributed by atoms with van der Waals surface area (Å²) in [6, 6.07) is 0. The van der Waals surface area contributed by atoms with Gasteiger partial charge < -0.3 is 10.6 Å². The van der Waals surface area contributed by atoms with Crippen molar-refractivity contribution in [3.8, 4) is 0 Å². The number of nitrogens with zero attached hydrogens (tertiary/aromatic N) is 1. The van der Waals surface area contributed by atoms with Gasteiger partial charge in [-0.1, -0.05) is 0 Å². The van der Waals surface area contributed by atoms with Crippen LogP contribution in [0.2, 0.25) is 0 Å². The molecule has 0 bridgehead atoms. The number of hydrogen-bond donors (Lipinski definition) is 1. The summed E-state index contributed by atoms with van der Waals surface area (Å²) in [5, 5.41) is 0. The lowest BCUT2D eigenvalue weighted by Gasteiger charge is -2.17. The van der Waals surface area contributed by atoms with Crippen LogP contribution < -0.4 is 5.73 Å². The first kappa shape index (κ1) is 8.49. The van der Waals surface area contributed by atoms with E-state index in [9.17, 15) is 4.79 Å². The Hall–Kier alpha value is -0.505. The van der Waals surface area contributed by atoms with Crippen molar-refractivity contribution in [2.45, 2.75) is 6.92 Å². The van der Waals surface area contributed by atoms with Crippen molar-refractivity contribution < 1.29 is 4.79 Å². The third-order valence-electron chi connectivity index (χ3n) is 1.13. The van der Waals surface area contributed by atoms with Crippen LogP contribution in [-0.4, -0.2) is 38.2 Å². The number of likely N-dealkylation sites (N-methyl/N-ethyl adjacent to an activating group) is 1. The molecule has 0 fully saturated rings. The van der Waals surface area contributed by atoms with E-state index in [4.69, 9.17) is 13.6 Å². The normalized spacial score (nSPS) is 9.11. The largest absolute Gasteiger partial charge is 0.351 e. The van der Waals surface area contributed by atoms with Crippen molar-refractivity contribution in [2.24, 2.45) is 5.73 Å². The van der Waals surface area contributed by atoms with Gasteiger partial charge in [-0.15, -0.1) is 0 Å². The molecule has 0 aromatic rings. The Labute approximate surface area is 56.6 Å². The van der Waals surface area contributed by atoms with Crippen LogP contribution in [0.15, 0.2) is 0 Å². The fraction of sp³-hybridized carbons (Fsp3) is 0.800. The first-order valence-corrected chi connectivity index (χ1v) is 2.94. The van der Waals surface area contributed by atoms with E-state index in [1.165, 1.54) is 4.90 Å². The van der Waals surface area contributed by atoms with Crippen LogP contribution in [0.1, 0.15) is 6.92 Å². The summed E-state index contributed by atoms with van der Waals surface area (Å²) in [5.74, 6) is -0.0972. The molecule has 0 atom stereocenters. The van der Waals surface area contributed by atoms with Gasteiger partial charge in [-0.25, -0.2) is 0 Å². The van der Waals surface area contributed by atoms with Gasteiger partial charge in [0.15, 0.2) is 0 Å². The predicted octanol–water partition coefficient (Wildman–Crippen LogP) is -1.08. The highest BCUT2D eigenvalue weighted by Gasteiger charge is 2.04. The summed E-state index contributed by atoms with van der Waals surface area (Å²) >= 11 is 0. The monoisotopic (exact) mass is 126 g/mol. The van der Waals surface area contributed by atoms with E-state index in [0.717, 1.165) is 0 Å². The number of rotatable bonds is 3. The number of amides is 1. The molecule has 9 heavy (non-hydrogen) atoms. The first-order chi connectivity index (χ1) is 4.26. The fourth-order valence-corrected chi connectivity index (χ4v) is 0.536. The number of hydrogen-bond acceptors (Lipinski definition) is 2. The lowest BCUT2D eigenvalue weighted by Crippen LogP contribution is -2.36. The van der Waals surface area contributed by atoms with Crippen LogP contribution in [0.4, 0.5) is 0 Å². The molecule has 0 unspecified atom stereocenters. The van der Waals surface area contributed by atoms with Crippen molar-refractivity contribution >= 4 is 13.8 Å². The molecule has 0 aliphatic heterocycles. The fourth-order valence-electron chi connectivity index (χ4n) is 0.536. The maximum absolute atomic E-state index is 10.7. The molecular weight excluding hydrogens is 115 g/mol. The Morgan fingerprint density at radius 2 is 2.33 bits per heavy atom. The van der Waals surface area contributed by atoms with Crippen LogP contribution in [0.25, 0.3) is 0 Å². The molecule has 0 aromatic carbocycles. The Morgan fingerprint density at radius 3 is 2.44 bits per heavy atom. The highest BCUT2D eigenvalue weighted by Crippen LogP contribution is 1.82. The average molecular weight is 126 g/mol. The lowest BCUT2D eigenvalue weighted by atomic mass is 10.1. The molecule has 2 radical (unpaired) electrons. The van der Waals surface area contributed by atoms with Crippen molar-refractivity contribution in [1.82, 2.24) is 4.90 Å². The summed E-state index contributed by atoms with van der Waals surface area (Å²) in [4.78, 5) is 12.2. The zero-order chi connectivity index (χ0) is 7.28. The molecule has 0 heterocycles. The van der Waals surface area contributed by atoms with Gasteiger partial charge in [0, 0.05) is 6.54 Å². The Bertz CT molecular complexity index is 93.0. The van der Waals surface area contributed by atoms with Crippen LogP contribution >= 0.6 is 0 Å². The van der Waals surface area contributed by atoms with Gasteiger partial charge in [-0.2, -0.15) is 0 Å². The zero-order valence-electron chi connectivity index (χ0n) is 5.63. The molecule has 50 valence electrons. The smallest absolute Gasteiger partial charge is 0.235 e. The molecule has 0 aromatic heterocycles. The van der Waals surface area contributed by atoms with Crippen molar-refractivity contribution in [3.63, 3.8) is 0 Å². The first-order valence-electron chi connectivity index (χ1n) is 2.94. The number of nitrogens with two attached hydrogens (primary N) is 1. The molecule has 0 aliphatic carbocycles. The molecule has 1 amide bonds. The van der Waals surface area contributed by atoms with E-state index in [0.29, 0.717) is 6.54 Å². The number of carbonyl (C=O) groups excluding carboxylic acids is 1. The van der Waals surface area contributed by atoms with Gasteiger partial charge in [-0.05, 0) is 13.4 Å². The minimum absolute atomic E-state index is 0.0467. The van der Waals surface area contributed by atoms with Gasteiger partial charge in [0.2, 0.25) is 5.91 Å². The van der Waals surface area contributed by atoms with Crippen LogP contribution in [0, 0.1) is 0 Å². The second kappa shape index (κ2) is 4.38. The lowest BCUT2D eigenvalue weighted by molar-refractivity contribution is -0.128. The standard InChI is InChI=1S/C5H11BN2O/c1-2-8(4-6)5(9)3-7/h2-4,7H2,1H3. The Morgan fingerprint density at radius 1 is 1.78 bits per heavy atom. The topological polar surface area (TPSA) is 46.3 Å². The second-order valence-corrected chi connectivity index (χ2v) is 1.64. The summed E-state index contributed by atoms with van der Waals surface area (Å²) in [5.41, 5.74) is 5.08. The summed E-state index contributed by atoms with van der Waals surface area (Å²) < 4.78 is 0. The maximum atomic E-state index is 10.7. The highest BCUT2D eigenvalue weighted by molar-refractivity contribution is 6.10. The molecule has 4 heteroatoms. The third-order valence-corrected chi connectivity index (χ3v) is 1.13. The molecule has 0 rings (SSSR count). The zero-order valence-corrected chi connectivity index (χ0v) is 5.63. The van der Waals surface area contributed by atoms with E-state index < -0.39 is 0 Å². The number of carbonyl (C=O) groups is 1. The van der Waals surface area contributed by atoms with Crippen molar-refractivity contribution in [3.05, 3.63) is 0 Å². The second-order valence-electron chi connectivity index (χ2n) is 1.64. The minimum atomic E-state index is -0.0972. The van der Waals surface area contributed by atoms with Crippen LogP contribution in [0.3, 0.4) is 0 Å². The minimum Gasteiger partial charge on any atom is -0.351 e. The molecule has 0 spiro atoms. The van der Waals surface area contributed by atoms with Crippen LogP contribution in [0.5, 0.6) is 0 Å². The van der Waals surface area contributed by atoms with Gasteiger partial charge in [0.1, 0.15) is 0 Å². The van der Waals surface area contributed by atoms with Crippen molar-refractivity contribution in [2.75, 3.05) is 19.5 Å². The molecule has 0 saturated carbocycles. The van der Waals surface area contributed by atoms with E-state index in [1.54, 1.807) is 0 Å². The summed E-state index contributed by atoms with van der Waals surface area (Å²) in [7, 11) is 5.21. The van der Waals surface area contributed by atoms with Gasteiger partial charge >= 0.3 is 0 Å². The summed E-state index contributed by atoms with van der Waals surface area (Å²) in [6.45, 7) is 2.54. The van der Waals surface area contributed by atoms with Gasteiger partial charge in [0.25, 0.3) is 0 Å². The molecule has 0 saturated heterocycles. The quantitative estimate of drug-likeness (QED) is 0.489.